The van der Waals surface area contributed by atoms with Crippen molar-refractivity contribution >= 4 is 11.6 Å². The molecule has 0 radical (unpaired) electrons. The zero-order valence-corrected chi connectivity index (χ0v) is 14.4. The van der Waals surface area contributed by atoms with Gasteiger partial charge >= 0.3 is 6.18 Å². The molecule has 3 N–H and O–H groups in total. The molecule has 2 rings (SSSR count). The average Bonchev–Trinajstić information content (AvgIpc) is 2.61. The predicted octanol–water partition coefficient (Wildman–Crippen LogP) is 3.79. The third-order valence-electron chi connectivity index (χ3n) is 3.62. The van der Waals surface area contributed by atoms with Crippen LogP contribution in [-0.2, 0) is 24.1 Å². The molecular weight excluding hydrogens is 347 g/mol. The molecule has 2 aromatic rings. The number of alkyl halides is 3. The fraction of sp³-hybridized carbons (Fsp3) is 0.278. The summed E-state index contributed by atoms with van der Waals surface area (Å²) >= 11 is 0. The number of guanidine groups is 1. The van der Waals surface area contributed by atoms with E-state index in [0.29, 0.717) is 12.3 Å². The number of halogens is 3. The van der Waals surface area contributed by atoms with E-state index in [4.69, 9.17) is 15.2 Å². The summed E-state index contributed by atoms with van der Waals surface area (Å²) in [6, 6.07) is 11.0. The van der Waals surface area contributed by atoms with Gasteiger partial charge in [0, 0.05) is 18.4 Å². The Morgan fingerprint density at radius 1 is 1.12 bits per heavy atom. The second-order valence-electron chi connectivity index (χ2n) is 5.44. The SMILES string of the molecule is COCc1ccccc1NC(N)=NCc1ccc(OC)cc1C(F)(F)F. The second-order valence-corrected chi connectivity index (χ2v) is 5.44. The number of para-hydroxylation sites is 1. The first-order valence-corrected chi connectivity index (χ1v) is 7.73. The van der Waals surface area contributed by atoms with Crippen LogP contribution in [0.5, 0.6) is 5.75 Å². The van der Waals surface area contributed by atoms with Gasteiger partial charge in [0.2, 0.25) is 0 Å². The van der Waals surface area contributed by atoms with Crippen molar-refractivity contribution in [2.75, 3.05) is 19.5 Å². The highest BCUT2D eigenvalue weighted by atomic mass is 19.4. The van der Waals surface area contributed by atoms with Crippen LogP contribution in [0.1, 0.15) is 16.7 Å². The molecule has 140 valence electrons. The molecule has 8 heteroatoms. The van der Waals surface area contributed by atoms with E-state index in [0.717, 1.165) is 11.6 Å². The number of nitrogens with one attached hydrogen (secondary N) is 1. The van der Waals surface area contributed by atoms with Crippen LogP contribution in [0.2, 0.25) is 0 Å². The first-order valence-electron chi connectivity index (χ1n) is 7.73. The molecule has 0 saturated heterocycles. The van der Waals surface area contributed by atoms with Crippen molar-refractivity contribution < 1.29 is 22.6 Å². The summed E-state index contributed by atoms with van der Waals surface area (Å²) < 4.78 is 49.6. The number of nitrogens with two attached hydrogens (primary N) is 1. The number of rotatable bonds is 6. The third kappa shape index (κ3) is 5.13. The van der Waals surface area contributed by atoms with Crippen LogP contribution in [0.4, 0.5) is 18.9 Å². The molecule has 0 bridgehead atoms. The summed E-state index contributed by atoms with van der Waals surface area (Å²) in [6.07, 6.45) is -4.51. The summed E-state index contributed by atoms with van der Waals surface area (Å²) in [5.41, 5.74) is 6.57. The Hall–Kier alpha value is -2.74. The highest BCUT2D eigenvalue weighted by molar-refractivity contribution is 5.92. The monoisotopic (exact) mass is 367 g/mol. The molecule has 0 unspecified atom stereocenters. The van der Waals surface area contributed by atoms with Gasteiger partial charge in [-0.25, -0.2) is 4.99 Å². The van der Waals surface area contributed by atoms with Gasteiger partial charge in [-0.15, -0.1) is 0 Å². The maximum Gasteiger partial charge on any atom is 0.416 e. The van der Waals surface area contributed by atoms with Gasteiger partial charge in [0.05, 0.1) is 25.8 Å². The molecule has 5 nitrogen and oxygen atoms in total. The lowest BCUT2D eigenvalue weighted by Gasteiger charge is -2.14. The topological polar surface area (TPSA) is 68.9 Å². The highest BCUT2D eigenvalue weighted by Crippen LogP contribution is 2.34. The summed E-state index contributed by atoms with van der Waals surface area (Å²) in [6.45, 7) is 0.150. The van der Waals surface area contributed by atoms with Crippen LogP contribution < -0.4 is 15.8 Å². The summed E-state index contributed by atoms with van der Waals surface area (Å²) in [5, 5.41) is 2.89. The Morgan fingerprint density at radius 3 is 2.50 bits per heavy atom. The van der Waals surface area contributed by atoms with Crippen molar-refractivity contribution in [3.05, 3.63) is 59.2 Å². The number of nitrogens with zero attached hydrogens (tertiary/aromatic N) is 1. The van der Waals surface area contributed by atoms with Crippen molar-refractivity contribution in [3.63, 3.8) is 0 Å². The molecule has 0 atom stereocenters. The van der Waals surface area contributed by atoms with Gasteiger partial charge in [-0.2, -0.15) is 13.2 Å². The Morgan fingerprint density at radius 2 is 1.85 bits per heavy atom. The number of hydrogen-bond donors (Lipinski definition) is 2. The van der Waals surface area contributed by atoms with E-state index in [1.54, 1.807) is 19.2 Å². The van der Waals surface area contributed by atoms with Gasteiger partial charge in [0.1, 0.15) is 5.75 Å². The van der Waals surface area contributed by atoms with Gasteiger partial charge in [-0.1, -0.05) is 24.3 Å². The van der Waals surface area contributed by atoms with Crippen molar-refractivity contribution in [3.8, 4) is 5.75 Å². The van der Waals surface area contributed by atoms with E-state index in [2.05, 4.69) is 10.3 Å². The minimum atomic E-state index is -4.51. The maximum absolute atomic E-state index is 13.2. The fourth-order valence-electron chi connectivity index (χ4n) is 2.36. The predicted molar refractivity (Wildman–Crippen MR) is 94.1 cm³/mol. The second kappa shape index (κ2) is 8.57. The Labute approximate surface area is 149 Å². The maximum atomic E-state index is 13.2. The van der Waals surface area contributed by atoms with Crippen LogP contribution >= 0.6 is 0 Å². The van der Waals surface area contributed by atoms with Gasteiger partial charge in [0.15, 0.2) is 5.96 Å². The molecule has 0 aromatic heterocycles. The molecule has 0 aliphatic carbocycles. The van der Waals surface area contributed by atoms with Crippen LogP contribution in [0.15, 0.2) is 47.5 Å². The number of ether oxygens (including phenoxy) is 2. The molecule has 0 spiro atoms. The van der Waals surface area contributed by atoms with Crippen LogP contribution in [0, 0.1) is 0 Å². The van der Waals surface area contributed by atoms with Gasteiger partial charge in [-0.3, -0.25) is 0 Å². The molecule has 0 saturated carbocycles. The van der Waals surface area contributed by atoms with Crippen LogP contribution in [0.3, 0.4) is 0 Å². The molecule has 0 fully saturated rings. The molecule has 26 heavy (non-hydrogen) atoms. The van der Waals surface area contributed by atoms with Crippen molar-refractivity contribution in [2.45, 2.75) is 19.3 Å². The Kier molecular flexibility index (Phi) is 6.46. The first-order chi connectivity index (χ1) is 12.3. The third-order valence-corrected chi connectivity index (χ3v) is 3.62. The molecule has 2 aromatic carbocycles. The lowest BCUT2D eigenvalue weighted by atomic mass is 10.1. The van der Waals surface area contributed by atoms with E-state index >= 15 is 0 Å². The molecule has 0 aliphatic rings. The van der Waals surface area contributed by atoms with E-state index in [1.807, 2.05) is 12.1 Å². The smallest absolute Gasteiger partial charge is 0.416 e. The largest absolute Gasteiger partial charge is 0.497 e. The highest BCUT2D eigenvalue weighted by Gasteiger charge is 2.33. The average molecular weight is 367 g/mol. The minimum Gasteiger partial charge on any atom is -0.497 e. The fourth-order valence-corrected chi connectivity index (χ4v) is 2.36. The number of benzene rings is 2. The standard InChI is InChI=1S/C18H20F3N3O2/c1-25-11-13-5-3-4-6-16(13)24-17(22)23-10-12-7-8-14(26-2)9-15(12)18(19,20)21/h3-9H,10-11H2,1-2H3,(H3,22,23,24). The molecule has 0 aliphatic heterocycles. The summed E-state index contributed by atoms with van der Waals surface area (Å²) in [7, 11) is 2.88. The van der Waals surface area contributed by atoms with Crippen molar-refractivity contribution in [1.82, 2.24) is 0 Å². The zero-order chi connectivity index (χ0) is 19.2. The Bertz CT molecular complexity index is 777. The van der Waals surface area contributed by atoms with Crippen molar-refractivity contribution in [1.29, 1.82) is 0 Å². The van der Waals surface area contributed by atoms with Gasteiger partial charge in [0.25, 0.3) is 0 Å². The van der Waals surface area contributed by atoms with E-state index in [-0.39, 0.29) is 23.8 Å². The van der Waals surface area contributed by atoms with Gasteiger partial charge in [-0.05, 0) is 23.8 Å². The van der Waals surface area contributed by atoms with E-state index < -0.39 is 11.7 Å². The lowest BCUT2D eigenvalue weighted by Crippen LogP contribution is -2.23. The molecular formula is C18H20F3N3O2. The number of hydrogen-bond acceptors (Lipinski definition) is 3. The number of aliphatic imine (C=N–C) groups is 1. The van der Waals surface area contributed by atoms with E-state index in [1.165, 1.54) is 19.2 Å². The Balaban J connectivity index is 2.19. The lowest BCUT2D eigenvalue weighted by molar-refractivity contribution is -0.138. The van der Waals surface area contributed by atoms with Crippen molar-refractivity contribution in [2.24, 2.45) is 10.7 Å². The van der Waals surface area contributed by atoms with Gasteiger partial charge < -0.3 is 20.5 Å². The summed E-state index contributed by atoms with van der Waals surface area (Å²) in [4.78, 5) is 4.02. The molecule has 0 heterocycles. The summed E-state index contributed by atoms with van der Waals surface area (Å²) in [5.74, 6) is 0.141. The van der Waals surface area contributed by atoms with Crippen LogP contribution in [0.25, 0.3) is 0 Å². The normalized spacial score (nSPS) is 12.1. The van der Waals surface area contributed by atoms with Crippen LogP contribution in [-0.4, -0.2) is 20.2 Å². The zero-order valence-electron chi connectivity index (χ0n) is 14.4. The molecule has 0 amide bonds. The number of anilines is 1. The quantitative estimate of drug-likeness (QED) is 0.602. The van der Waals surface area contributed by atoms with E-state index in [9.17, 15) is 13.2 Å². The number of methoxy groups -OCH3 is 2. The first kappa shape index (κ1) is 19.6. The minimum absolute atomic E-state index is 0.00762.